The third-order valence-corrected chi connectivity index (χ3v) is 15.7. The summed E-state index contributed by atoms with van der Waals surface area (Å²) in [6.45, 7) is 29.9. The SMILES string of the molecule is C=C1C[C@@H](O[Si](C)(C)C(C)(C)C)[C@H](O[Si](C)(C)C(C)(C)C)C[C@H]1C. The van der Waals surface area contributed by atoms with E-state index in [9.17, 15) is 0 Å². The van der Waals surface area contributed by atoms with Gasteiger partial charge in [0.25, 0.3) is 0 Å². The van der Waals surface area contributed by atoms with E-state index in [0.717, 1.165) is 12.8 Å². The first-order valence-electron chi connectivity index (χ1n) is 9.51. The van der Waals surface area contributed by atoms with Crippen LogP contribution in [0.15, 0.2) is 12.2 Å². The quantitative estimate of drug-likeness (QED) is 0.402. The normalized spacial score (nSPS) is 27.5. The summed E-state index contributed by atoms with van der Waals surface area (Å²) >= 11 is 0. The summed E-state index contributed by atoms with van der Waals surface area (Å²) in [7, 11) is -3.61. The second kappa shape index (κ2) is 7.01. The Labute approximate surface area is 153 Å². The van der Waals surface area contributed by atoms with Crippen molar-refractivity contribution in [3.05, 3.63) is 12.2 Å². The molecule has 0 aromatic rings. The van der Waals surface area contributed by atoms with Crippen LogP contribution in [0.2, 0.25) is 36.3 Å². The van der Waals surface area contributed by atoms with Crippen molar-refractivity contribution < 1.29 is 8.85 Å². The largest absolute Gasteiger partial charge is 0.411 e. The van der Waals surface area contributed by atoms with Crippen LogP contribution in [0.1, 0.15) is 61.3 Å². The van der Waals surface area contributed by atoms with Gasteiger partial charge in [0.05, 0.1) is 12.2 Å². The van der Waals surface area contributed by atoms with Gasteiger partial charge in [-0.1, -0.05) is 60.6 Å². The van der Waals surface area contributed by atoms with Crippen molar-refractivity contribution in [3.63, 3.8) is 0 Å². The summed E-state index contributed by atoms with van der Waals surface area (Å²) in [6.07, 6.45) is 2.38. The van der Waals surface area contributed by atoms with E-state index in [1.165, 1.54) is 5.57 Å². The maximum atomic E-state index is 6.83. The Kier molecular flexibility index (Phi) is 6.47. The van der Waals surface area contributed by atoms with E-state index < -0.39 is 16.6 Å². The predicted molar refractivity (Wildman–Crippen MR) is 112 cm³/mol. The second-order valence-electron chi connectivity index (χ2n) is 10.8. The van der Waals surface area contributed by atoms with Crippen LogP contribution in [0.3, 0.4) is 0 Å². The Morgan fingerprint density at radius 2 is 1.21 bits per heavy atom. The highest BCUT2D eigenvalue weighted by atomic mass is 28.4. The monoisotopic (exact) mass is 370 g/mol. The fourth-order valence-electron chi connectivity index (χ4n) is 2.61. The molecule has 1 rings (SSSR count). The molecule has 24 heavy (non-hydrogen) atoms. The Balaban J connectivity index is 3.03. The minimum Gasteiger partial charge on any atom is -0.411 e. The van der Waals surface area contributed by atoms with Gasteiger partial charge in [-0.05, 0) is 55.0 Å². The van der Waals surface area contributed by atoms with Crippen LogP contribution in [0.4, 0.5) is 0 Å². The molecule has 0 saturated heterocycles. The molecule has 3 atom stereocenters. The summed E-state index contributed by atoms with van der Waals surface area (Å²) in [5, 5.41) is 0.450. The van der Waals surface area contributed by atoms with Crippen LogP contribution in [-0.2, 0) is 8.85 Å². The molecule has 0 aromatic carbocycles. The molecule has 0 N–H and O–H groups in total. The molecular formula is C20H42O2Si2. The molecule has 142 valence electrons. The third kappa shape index (κ3) is 5.06. The van der Waals surface area contributed by atoms with Gasteiger partial charge >= 0.3 is 0 Å². The van der Waals surface area contributed by atoms with Gasteiger partial charge in [0, 0.05) is 0 Å². The zero-order chi connectivity index (χ0) is 19.1. The highest BCUT2D eigenvalue weighted by Crippen LogP contribution is 2.44. The first kappa shape index (κ1) is 22.1. The Morgan fingerprint density at radius 1 is 0.833 bits per heavy atom. The molecule has 0 aromatic heterocycles. The summed E-state index contributed by atoms with van der Waals surface area (Å²) in [5.74, 6) is 0.527. The zero-order valence-corrected chi connectivity index (χ0v) is 20.2. The lowest BCUT2D eigenvalue weighted by molar-refractivity contribution is 0.00924. The lowest BCUT2D eigenvalue weighted by Gasteiger charge is -2.48. The van der Waals surface area contributed by atoms with Crippen LogP contribution in [-0.4, -0.2) is 28.8 Å². The lowest BCUT2D eigenvalue weighted by atomic mass is 9.83. The molecule has 2 nitrogen and oxygen atoms in total. The van der Waals surface area contributed by atoms with E-state index in [1.807, 2.05) is 0 Å². The number of hydrogen-bond acceptors (Lipinski definition) is 2. The fourth-order valence-corrected chi connectivity index (χ4v) is 5.31. The summed E-state index contributed by atoms with van der Waals surface area (Å²) in [4.78, 5) is 0. The second-order valence-corrected chi connectivity index (χ2v) is 20.3. The first-order chi connectivity index (χ1) is 10.5. The Bertz CT molecular complexity index is 455. The summed E-state index contributed by atoms with van der Waals surface area (Å²) < 4.78 is 13.6. The first-order valence-corrected chi connectivity index (χ1v) is 15.3. The van der Waals surface area contributed by atoms with Crippen molar-refractivity contribution in [2.75, 3.05) is 0 Å². The lowest BCUT2D eigenvalue weighted by Crippen LogP contribution is -2.53. The zero-order valence-electron chi connectivity index (χ0n) is 18.2. The number of rotatable bonds is 4. The molecule has 0 aliphatic heterocycles. The van der Waals surface area contributed by atoms with E-state index >= 15 is 0 Å². The average molecular weight is 371 g/mol. The van der Waals surface area contributed by atoms with Crippen LogP contribution >= 0.6 is 0 Å². The summed E-state index contributed by atoms with van der Waals surface area (Å²) in [6, 6.07) is 0. The van der Waals surface area contributed by atoms with Crippen LogP contribution in [0, 0.1) is 5.92 Å². The smallest absolute Gasteiger partial charge is 0.192 e. The van der Waals surface area contributed by atoms with Crippen molar-refractivity contribution in [1.29, 1.82) is 0 Å². The molecule has 0 spiro atoms. The minimum absolute atomic E-state index is 0.170. The van der Waals surface area contributed by atoms with Gasteiger partial charge < -0.3 is 8.85 Å². The van der Waals surface area contributed by atoms with Crippen LogP contribution in [0.5, 0.6) is 0 Å². The van der Waals surface area contributed by atoms with Gasteiger partial charge in [0.15, 0.2) is 16.6 Å². The Hall–Kier alpha value is 0.0938. The van der Waals surface area contributed by atoms with Gasteiger partial charge in [-0.15, -0.1) is 0 Å². The van der Waals surface area contributed by atoms with E-state index in [1.54, 1.807) is 0 Å². The Morgan fingerprint density at radius 3 is 1.58 bits per heavy atom. The molecule has 1 saturated carbocycles. The van der Waals surface area contributed by atoms with Crippen LogP contribution in [0.25, 0.3) is 0 Å². The predicted octanol–water partition coefficient (Wildman–Crippen LogP) is 6.75. The third-order valence-electron chi connectivity index (χ3n) is 6.67. The molecule has 4 heteroatoms. The standard InChI is InChI=1S/C20H42O2Si2/c1-15-13-17(21-23(9,10)19(3,4)5)18(14-16(15)2)22-24(11,12)20(6,7)8/h16-18H,1,13-14H2,2-12H3/t16-,17-,18-/m1/s1. The maximum Gasteiger partial charge on any atom is 0.192 e. The van der Waals surface area contributed by atoms with Gasteiger partial charge in [-0.3, -0.25) is 0 Å². The van der Waals surface area contributed by atoms with Crippen molar-refractivity contribution in [3.8, 4) is 0 Å². The fraction of sp³-hybridized carbons (Fsp3) is 0.900. The summed E-state index contributed by atoms with van der Waals surface area (Å²) in [5.41, 5.74) is 1.33. The molecule has 1 fully saturated rings. The number of hydrogen-bond donors (Lipinski definition) is 0. The van der Waals surface area contributed by atoms with Crippen molar-refractivity contribution in [2.45, 2.75) is 110 Å². The molecular weight excluding hydrogens is 328 g/mol. The topological polar surface area (TPSA) is 18.5 Å². The van der Waals surface area contributed by atoms with Gasteiger partial charge in [0.1, 0.15) is 0 Å². The highest BCUT2D eigenvalue weighted by Gasteiger charge is 2.46. The molecule has 0 heterocycles. The van der Waals surface area contributed by atoms with Crippen molar-refractivity contribution in [2.24, 2.45) is 5.92 Å². The van der Waals surface area contributed by atoms with Gasteiger partial charge in [-0.25, -0.2) is 0 Å². The highest BCUT2D eigenvalue weighted by molar-refractivity contribution is 6.74. The maximum absolute atomic E-state index is 6.83. The van der Waals surface area contributed by atoms with E-state index in [0.29, 0.717) is 5.92 Å². The van der Waals surface area contributed by atoms with E-state index in [2.05, 4.69) is 81.2 Å². The van der Waals surface area contributed by atoms with Crippen LogP contribution < -0.4 is 0 Å². The van der Waals surface area contributed by atoms with Crippen molar-refractivity contribution >= 4 is 16.6 Å². The minimum atomic E-state index is -1.81. The molecule has 1 aliphatic carbocycles. The molecule has 0 bridgehead atoms. The van der Waals surface area contributed by atoms with Crippen molar-refractivity contribution in [1.82, 2.24) is 0 Å². The average Bonchev–Trinajstić information content (AvgIpc) is 2.31. The molecule has 0 radical (unpaired) electrons. The van der Waals surface area contributed by atoms with Gasteiger partial charge in [-0.2, -0.15) is 0 Å². The van der Waals surface area contributed by atoms with Gasteiger partial charge in [0.2, 0.25) is 0 Å². The van der Waals surface area contributed by atoms with E-state index in [-0.39, 0.29) is 22.3 Å². The molecule has 1 aliphatic rings. The molecule has 0 unspecified atom stereocenters. The van der Waals surface area contributed by atoms with E-state index in [4.69, 9.17) is 8.85 Å². The molecule has 0 amide bonds.